The standard InChI is InChI=1S/C22H38FN5S/c1-5-24-22(25-11-6-16-29-20-9-7-19(23)8-10-20)26-17-21(18(2)3)28-14-12-27(4)13-15-28/h7-10,18,21H,5-6,11-17H2,1-4H3,(H2,24,25,26). The van der Waals surface area contributed by atoms with Crippen molar-refractivity contribution in [3.8, 4) is 0 Å². The summed E-state index contributed by atoms with van der Waals surface area (Å²) in [5, 5.41) is 6.82. The summed E-state index contributed by atoms with van der Waals surface area (Å²) >= 11 is 1.76. The highest BCUT2D eigenvalue weighted by Gasteiger charge is 2.24. The Kier molecular flexibility index (Phi) is 10.8. The summed E-state index contributed by atoms with van der Waals surface area (Å²) in [6, 6.07) is 7.18. The van der Waals surface area contributed by atoms with Gasteiger partial charge in [0, 0.05) is 50.2 Å². The lowest BCUT2D eigenvalue weighted by Crippen LogP contribution is -2.52. The van der Waals surface area contributed by atoms with E-state index < -0.39 is 0 Å². The normalized spacial score (nSPS) is 17.5. The second kappa shape index (κ2) is 13.1. The van der Waals surface area contributed by atoms with Gasteiger partial charge in [0.05, 0.1) is 6.54 Å². The first kappa shape index (κ1) is 24.0. The van der Waals surface area contributed by atoms with E-state index in [4.69, 9.17) is 4.99 Å². The Morgan fingerprint density at radius 1 is 1.14 bits per heavy atom. The monoisotopic (exact) mass is 423 g/mol. The van der Waals surface area contributed by atoms with E-state index in [9.17, 15) is 4.39 Å². The minimum Gasteiger partial charge on any atom is -0.357 e. The molecule has 7 heteroatoms. The molecule has 1 aromatic rings. The molecule has 0 amide bonds. The number of nitrogens with one attached hydrogen (secondary N) is 2. The van der Waals surface area contributed by atoms with E-state index in [2.05, 4.69) is 48.3 Å². The predicted molar refractivity (Wildman–Crippen MR) is 123 cm³/mol. The molecule has 0 saturated carbocycles. The molecule has 0 bridgehead atoms. The van der Waals surface area contributed by atoms with Crippen LogP contribution in [0.5, 0.6) is 0 Å². The van der Waals surface area contributed by atoms with E-state index in [0.717, 1.165) is 68.8 Å². The Balaban J connectivity index is 1.77. The van der Waals surface area contributed by atoms with E-state index in [-0.39, 0.29) is 5.82 Å². The maximum Gasteiger partial charge on any atom is 0.191 e. The quantitative estimate of drug-likeness (QED) is 0.262. The number of guanidine groups is 1. The molecule has 1 fully saturated rings. The highest BCUT2D eigenvalue weighted by Crippen LogP contribution is 2.18. The van der Waals surface area contributed by atoms with Crippen molar-refractivity contribution in [1.82, 2.24) is 20.4 Å². The zero-order chi connectivity index (χ0) is 21.1. The molecule has 164 valence electrons. The molecule has 0 aromatic heterocycles. The van der Waals surface area contributed by atoms with Crippen LogP contribution in [0, 0.1) is 11.7 Å². The number of hydrogen-bond donors (Lipinski definition) is 2. The number of benzene rings is 1. The molecule has 0 aliphatic carbocycles. The van der Waals surface area contributed by atoms with Crippen LogP contribution in [0.25, 0.3) is 0 Å². The number of piperazine rings is 1. The zero-order valence-corrected chi connectivity index (χ0v) is 19.3. The van der Waals surface area contributed by atoms with Crippen LogP contribution in [0.15, 0.2) is 34.2 Å². The predicted octanol–water partition coefficient (Wildman–Crippen LogP) is 3.14. The van der Waals surface area contributed by atoms with Gasteiger partial charge in [-0.15, -0.1) is 11.8 Å². The largest absolute Gasteiger partial charge is 0.357 e. The molecule has 1 unspecified atom stereocenters. The molecule has 1 atom stereocenters. The third-order valence-corrected chi connectivity index (χ3v) is 6.35. The Morgan fingerprint density at radius 3 is 2.45 bits per heavy atom. The molecule has 5 nitrogen and oxygen atoms in total. The first-order valence-electron chi connectivity index (χ1n) is 10.8. The fourth-order valence-corrected chi connectivity index (χ4v) is 4.28. The number of aliphatic imine (C=N–C) groups is 1. The van der Waals surface area contributed by atoms with Crippen LogP contribution in [-0.2, 0) is 0 Å². The maximum absolute atomic E-state index is 13.0. The average molecular weight is 424 g/mol. The molecule has 1 aliphatic rings. The van der Waals surface area contributed by atoms with Gasteiger partial charge < -0.3 is 15.5 Å². The number of thioether (sulfide) groups is 1. The molecule has 2 N–H and O–H groups in total. The van der Waals surface area contributed by atoms with Crippen molar-refractivity contribution < 1.29 is 4.39 Å². The molecule has 1 saturated heterocycles. The minimum absolute atomic E-state index is 0.182. The Labute approximate surface area is 180 Å². The molecule has 1 heterocycles. The van der Waals surface area contributed by atoms with Crippen LogP contribution >= 0.6 is 11.8 Å². The Morgan fingerprint density at radius 2 is 1.83 bits per heavy atom. The highest BCUT2D eigenvalue weighted by molar-refractivity contribution is 7.99. The maximum atomic E-state index is 13.0. The second-order valence-electron chi connectivity index (χ2n) is 7.95. The van der Waals surface area contributed by atoms with Crippen molar-refractivity contribution in [2.24, 2.45) is 10.9 Å². The SMILES string of the molecule is CCNC(=NCC(C(C)C)N1CCN(C)CC1)NCCCSc1ccc(F)cc1. The van der Waals surface area contributed by atoms with Crippen LogP contribution in [0.1, 0.15) is 27.2 Å². The first-order chi connectivity index (χ1) is 14.0. The van der Waals surface area contributed by atoms with Gasteiger partial charge in [0.15, 0.2) is 5.96 Å². The van der Waals surface area contributed by atoms with Gasteiger partial charge in [0.1, 0.15) is 5.82 Å². The average Bonchev–Trinajstić information content (AvgIpc) is 2.70. The molecular formula is C22H38FN5S. The van der Waals surface area contributed by atoms with Crippen molar-refractivity contribution in [3.05, 3.63) is 30.1 Å². The van der Waals surface area contributed by atoms with E-state index in [1.165, 1.54) is 12.1 Å². The summed E-state index contributed by atoms with van der Waals surface area (Å²) in [6.45, 7) is 13.8. The summed E-state index contributed by atoms with van der Waals surface area (Å²) < 4.78 is 13.0. The summed E-state index contributed by atoms with van der Waals surface area (Å²) in [7, 11) is 2.20. The summed E-state index contributed by atoms with van der Waals surface area (Å²) in [6.07, 6.45) is 1.03. The number of halogens is 1. The van der Waals surface area contributed by atoms with Gasteiger partial charge in [-0.3, -0.25) is 9.89 Å². The highest BCUT2D eigenvalue weighted by atomic mass is 32.2. The minimum atomic E-state index is -0.182. The molecule has 2 rings (SSSR count). The number of rotatable bonds is 10. The number of likely N-dealkylation sites (N-methyl/N-ethyl adjacent to an activating group) is 1. The summed E-state index contributed by atoms with van der Waals surface area (Å²) in [5.74, 6) is 2.29. The lowest BCUT2D eigenvalue weighted by atomic mass is 10.0. The van der Waals surface area contributed by atoms with Crippen LogP contribution in [0.3, 0.4) is 0 Å². The zero-order valence-electron chi connectivity index (χ0n) is 18.5. The lowest BCUT2D eigenvalue weighted by molar-refractivity contribution is 0.0925. The topological polar surface area (TPSA) is 42.9 Å². The van der Waals surface area contributed by atoms with Crippen molar-refractivity contribution in [1.29, 1.82) is 0 Å². The number of hydrogen-bond acceptors (Lipinski definition) is 4. The molecule has 1 aromatic carbocycles. The molecule has 29 heavy (non-hydrogen) atoms. The van der Waals surface area contributed by atoms with Crippen molar-refractivity contribution >= 4 is 17.7 Å². The number of nitrogens with zero attached hydrogens (tertiary/aromatic N) is 3. The Bertz CT molecular complexity index is 600. The summed E-state index contributed by atoms with van der Waals surface area (Å²) in [5.41, 5.74) is 0. The van der Waals surface area contributed by atoms with Gasteiger partial charge >= 0.3 is 0 Å². The van der Waals surface area contributed by atoms with Crippen LogP contribution in [0.2, 0.25) is 0 Å². The summed E-state index contributed by atoms with van der Waals surface area (Å²) in [4.78, 5) is 11.0. The molecule has 1 aliphatic heterocycles. The fourth-order valence-electron chi connectivity index (χ4n) is 3.43. The third-order valence-electron chi connectivity index (χ3n) is 5.25. The van der Waals surface area contributed by atoms with Crippen molar-refractivity contribution in [3.63, 3.8) is 0 Å². The van der Waals surface area contributed by atoms with Crippen molar-refractivity contribution in [2.45, 2.75) is 38.1 Å². The van der Waals surface area contributed by atoms with E-state index in [1.807, 2.05) is 12.1 Å². The lowest BCUT2D eigenvalue weighted by Gasteiger charge is -2.39. The van der Waals surface area contributed by atoms with Gasteiger partial charge in [0.2, 0.25) is 0 Å². The van der Waals surface area contributed by atoms with Gasteiger partial charge in [-0.1, -0.05) is 13.8 Å². The van der Waals surface area contributed by atoms with E-state index in [1.54, 1.807) is 11.8 Å². The third kappa shape index (κ3) is 8.93. The van der Waals surface area contributed by atoms with E-state index >= 15 is 0 Å². The van der Waals surface area contributed by atoms with Gasteiger partial charge in [-0.25, -0.2) is 4.39 Å². The second-order valence-corrected chi connectivity index (χ2v) is 9.12. The van der Waals surface area contributed by atoms with Crippen LogP contribution in [-0.4, -0.2) is 80.4 Å². The van der Waals surface area contributed by atoms with Crippen LogP contribution < -0.4 is 10.6 Å². The van der Waals surface area contributed by atoms with Gasteiger partial charge in [-0.05, 0) is 56.3 Å². The first-order valence-corrected chi connectivity index (χ1v) is 11.8. The molecule has 0 radical (unpaired) electrons. The molecule has 0 spiro atoms. The van der Waals surface area contributed by atoms with Crippen LogP contribution in [0.4, 0.5) is 4.39 Å². The Hall–Kier alpha value is -1.31. The molecular weight excluding hydrogens is 385 g/mol. The van der Waals surface area contributed by atoms with E-state index in [0.29, 0.717) is 12.0 Å². The van der Waals surface area contributed by atoms with Gasteiger partial charge in [-0.2, -0.15) is 0 Å². The van der Waals surface area contributed by atoms with Gasteiger partial charge in [0.25, 0.3) is 0 Å². The smallest absolute Gasteiger partial charge is 0.191 e. The van der Waals surface area contributed by atoms with Crippen molar-refractivity contribution in [2.75, 3.05) is 58.6 Å². The fraction of sp³-hybridized carbons (Fsp3) is 0.682.